The second kappa shape index (κ2) is 9.66. The van der Waals surface area contributed by atoms with E-state index < -0.39 is 0 Å². The minimum atomic E-state index is 0.257. The quantitative estimate of drug-likeness (QED) is 0.318. The average molecular weight is 498 g/mol. The van der Waals surface area contributed by atoms with Crippen LogP contribution < -0.4 is 0 Å². The average Bonchev–Trinajstić information content (AvgIpc) is 3.56. The number of aromatic nitrogens is 1. The first-order valence-corrected chi connectivity index (χ1v) is 13.1. The van der Waals surface area contributed by atoms with Gasteiger partial charge in [-0.15, -0.1) is 0 Å². The summed E-state index contributed by atoms with van der Waals surface area (Å²) in [7, 11) is 0. The van der Waals surface area contributed by atoms with Gasteiger partial charge in [0.1, 0.15) is 11.5 Å². The molecule has 1 heterocycles. The van der Waals surface area contributed by atoms with E-state index in [4.69, 9.17) is 37.2 Å². The maximum Gasteiger partial charge on any atom is 0.145 e. The summed E-state index contributed by atoms with van der Waals surface area (Å²) in [6, 6.07) is 16.0. The molecule has 3 fully saturated rings. The van der Waals surface area contributed by atoms with E-state index in [1.54, 1.807) is 0 Å². The molecule has 2 aromatic carbocycles. The van der Waals surface area contributed by atoms with Crippen molar-refractivity contribution in [3.05, 3.63) is 75.5 Å². The third-order valence-corrected chi connectivity index (χ3v) is 8.31. The highest BCUT2D eigenvalue weighted by Gasteiger charge is 2.44. The highest BCUT2D eigenvalue weighted by Crippen LogP contribution is 2.48. The molecular weight excluding hydrogens is 469 g/mol. The smallest absolute Gasteiger partial charge is 0.145 e. The molecule has 4 atom stereocenters. The SMILES string of the molecule is Clc1cccc(Cl)c1-c1noc(C2CC2)c1COC1[C@@H]2CC[C@H]1C[C@H](OCc1ccccc1)C2. The Bertz CT molecular complexity index is 1110. The van der Waals surface area contributed by atoms with E-state index in [0.717, 1.165) is 48.3 Å². The zero-order valence-corrected chi connectivity index (χ0v) is 20.6. The van der Waals surface area contributed by atoms with Crippen LogP contribution in [-0.2, 0) is 22.7 Å². The Hall–Kier alpha value is -1.85. The van der Waals surface area contributed by atoms with Crippen LogP contribution in [0.1, 0.15) is 61.3 Å². The molecule has 0 amide bonds. The normalized spacial score (nSPS) is 26.2. The van der Waals surface area contributed by atoms with Crippen molar-refractivity contribution in [1.82, 2.24) is 5.16 Å². The lowest BCUT2D eigenvalue weighted by Gasteiger charge is -2.35. The molecule has 3 aliphatic carbocycles. The molecule has 6 rings (SSSR count). The van der Waals surface area contributed by atoms with Crippen molar-refractivity contribution in [3.63, 3.8) is 0 Å². The third-order valence-electron chi connectivity index (χ3n) is 7.68. The number of hydrogen-bond donors (Lipinski definition) is 0. The Morgan fingerprint density at radius 3 is 2.21 bits per heavy atom. The molecule has 0 aliphatic heterocycles. The number of benzene rings is 2. The summed E-state index contributed by atoms with van der Waals surface area (Å²) in [5.74, 6) is 2.45. The predicted octanol–water partition coefficient (Wildman–Crippen LogP) is 7.82. The molecular formula is C28H29Cl2NO3. The van der Waals surface area contributed by atoms with Gasteiger partial charge in [0.05, 0.1) is 35.5 Å². The molecule has 0 saturated heterocycles. The van der Waals surface area contributed by atoms with E-state index in [9.17, 15) is 0 Å². The van der Waals surface area contributed by atoms with Crippen molar-refractivity contribution < 1.29 is 14.0 Å². The molecule has 0 N–H and O–H groups in total. The molecule has 0 spiro atoms. The first kappa shape index (κ1) is 22.6. The molecule has 3 aliphatic rings. The van der Waals surface area contributed by atoms with Crippen LogP contribution in [0.3, 0.4) is 0 Å². The molecule has 178 valence electrons. The summed E-state index contributed by atoms with van der Waals surface area (Å²) >= 11 is 13.0. The summed E-state index contributed by atoms with van der Waals surface area (Å²) in [6.07, 6.45) is 7.39. The van der Waals surface area contributed by atoms with E-state index in [1.165, 1.54) is 18.4 Å². The van der Waals surface area contributed by atoms with E-state index in [1.807, 2.05) is 24.3 Å². The van der Waals surface area contributed by atoms with Crippen molar-refractivity contribution in [3.8, 4) is 11.3 Å². The lowest BCUT2D eigenvalue weighted by atomic mass is 9.84. The molecule has 1 unspecified atom stereocenters. The van der Waals surface area contributed by atoms with Gasteiger partial charge in [-0.3, -0.25) is 0 Å². The van der Waals surface area contributed by atoms with Gasteiger partial charge in [0.15, 0.2) is 0 Å². The van der Waals surface area contributed by atoms with Crippen LogP contribution in [0.15, 0.2) is 53.1 Å². The molecule has 3 saturated carbocycles. The number of ether oxygens (including phenoxy) is 2. The van der Waals surface area contributed by atoms with Crippen molar-refractivity contribution in [2.75, 3.05) is 0 Å². The Kier molecular flexibility index (Phi) is 6.42. The fourth-order valence-corrected chi connectivity index (χ4v) is 6.42. The molecule has 3 aromatic rings. The van der Waals surface area contributed by atoms with Gasteiger partial charge in [-0.1, -0.05) is 64.8 Å². The van der Waals surface area contributed by atoms with Gasteiger partial charge in [0.25, 0.3) is 0 Å². The zero-order valence-electron chi connectivity index (χ0n) is 19.1. The Balaban J connectivity index is 1.15. The maximum atomic E-state index is 6.64. The summed E-state index contributed by atoms with van der Waals surface area (Å²) in [4.78, 5) is 0. The lowest BCUT2D eigenvalue weighted by molar-refractivity contribution is -0.0816. The highest BCUT2D eigenvalue weighted by molar-refractivity contribution is 6.39. The molecule has 34 heavy (non-hydrogen) atoms. The topological polar surface area (TPSA) is 44.5 Å². The summed E-state index contributed by atoms with van der Waals surface area (Å²) < 4.78 is 18.8. The van der Waals surface area contributed by atoms with E-state index in [-0.39, 0.29) is 6.10 Å². The standard InChI is InChI=1S/C28H29Cl2NO3/c29-23-7-4-8-24(30)25(23)26-22(28(34-31-26)18-9-10-18)16-33-27-19-11-12-20(27)14-21(13-19)32-15-17-5-2-1-3-6-17/h1-8,18-21,27H,9-16H2/t19-,20+,21-,27?. The number of fused-ring (bicyclic) bond motifs is 2. The van der Waals surface area contributed by atoms with Crippen LogP contribution in [-0.4, -0.2) is 17.4 Å². The number of nitrogens with zero attached hydrogens (tertiary/aromatic N) is 1. The first-order valence-electron chi connectivity index (χ1n) is 12.4. The highest BCUT2D eigenvalue weighted by atomic mass is 35.5. The van der Waals surface area contributed by atoms with Crippen LogP contribution in [0.5, 0.6) is 0 Å². The Morgan fingerprint density at radius 2 is 1.53 bits per heavy atom. The molecule has 2 bridgehead atoms. The van der Waals surface area contributed by atoms with Crippen LogP contribution in [0.25, 0.3) is 11.3 Å². The van der Waals surface area contributed by atoms with Gasteiger partial charge in [0, 0.05) is 17.0 Å². The number of rotatable bonds is 8. The van der Waals surface area contributed by atoms with Crippen molar-refractivity contribution in [1.29, 1.82) is 0 Å². The van der Waals surface area contributed by atoms with E-state index >= 15 is 0 Å². The number of hydrogen-bond acceptors (Lipinski definition) is 4. The first-order chi connectivity index (χ1) is 16.7. The zero-order chi connectivity index (χ0) is 23.1. The summed E-state index contributed by atoms with van der Waals surface area (Å²) in [5, 5.41) is 5.58. The molecule has 1 aromatic heterocycles. The van der Waals surface area contributed by atoms with E-state index in [2.05, 4.69) is 29.4 Å². The monoisotopic (exact) mass is 497 g/mol. The molecule has 4 nitrogen and oxygen atoms in total. The number of halogens is 2. The van der Waals surface area contributed by atoms with Crippen molar-refractivity contribution >= 4 is 23.2 Å². The Labute approximate surface area is 210 Å². The van der Waals surface area contributed by atoms with Crippen LogP contribution >= 0.6 is 23.2 Å². The lowest BCUT2D eigenvalue weighted by Crippen LogP contribution is -2.36. The van der Waals surface area contributed by atoms with E-state index in [0.29, 0.717) is 47.1 Å². The summed E-state index contributed by atoms with van der Waals surface area (Å²) in [6.45, 7) is 1.17. The van der Waals surface area contributed by atoms with Crippen LogP contribution in [0.4, 0.5) is 0 Å². The van der Waals surface area contributed by atoms with Crippen LogP contribution in [0.2, 0.25) is 10.0 Å². The molecule has 0 radical (unpaired) electrons. The van der Waals surface area contributed by atoms with Gasteiger partial charge in [-0.2, -0.15) is 0 Å². The Morgan fingerprint density at radius 1 is 0.824 bits per heavy atom. The van der Waals surface area contributed by atoms with Crippen molar-refractivity contribution in [2.45, 2.75) is 69.9 Å². The fraction of sp³-hybridized carbons (Fsp3) is 0.464. The minimum Gasteiger partial charge on any atom is -0.374 e. The van der Waals surface area contributed by atoms with Crippen LogP contribution in [0, 0.1) is 11.8 Å². The third kappa shape index (κ3) is 4.54. The van der Waals surface area contributed by atoms with Gasteiger partial charge in [-0.25, -0.2) is 0 Å². The molecule has 6 heteroatoms. The van der Waals surface area contributed by atoms with Gasteiger partial charge in [0.2, 0.25) is 0 Å². The van der Waals surface area contributed by atoms with Gasteiger partial charge in [-0.05, 0) is 68.1 Å². The predicted molar refractivity (Wildman–Crippen MR) is 133 cm³/mol. The van der Waals surface area contributed by atoms with Gasteiger partial charge >= 0.3 is 0 Å². The fourth-order valence-electron chi connectivity index (χ4n) is 5.84. The largest absolute Gasteiger partial charge is 0.374 e. The van der Waals surface area contributed by atoms with Crippen molar-refractivity contribution in [2.24, 2.45) is 11.8 Å². The maximum absolute atomic E-state index is 6.64. The summed E-state index contributed by atoms with van der Waals surface area (Å²) in [5.41, 5.74) is 3.71. The van der Waals surface area contributed by atoms with Gasteiger partial charge < -0.3 is 14.0 Å². The second-order valence-electron chi connectivity index (χ2n) is 10.0. The second-order valence-corrected chi connectivity index (χ2v) is 10.8. The minimum absolute atomic E-state index is 0.257.